The molecule has 4 heterocycles. The van der Waals surface area contributed by atoms with Gasteiger partial charge in [-0.3, -0.25) is 4.79 Å². The number of nitrogens with zero attached hydrogens (tertiary/aromatic N) is 5. The number of Topliss-reactive ketones (excluding diaryl/α,β-unsaturated/α-hetero) is 1. The van der Waals surface area contributed by atoms with E-state index in [4.69, 9.17) is 4.74 Å². The van der Waals surface area contributed by atoms with Crippen LogP contribution in [0.1, 0.15) is 40.9 Å². The third-order valence-corrected chi connectivity index (χ3v) is 6.82. The highest BCUT2D eigenvalue weighted by Gasteiger charge is 2.31. The lowest BCUT2D eigenvalue weighted by atomic mass is 9.80. The summed E-state index contributed by atoms with van der Waals surface area (Å²) in [6, 6.07) is 6.05. The topological polar surface area (TPSA) is 113 Å². The Bertz CT molecular complexity index is 1280. The van der Waals surface area contributed by atoms with Crippen LogP contribution in [0.25, 0.3) is 11.2 Å². The Hall–Kier alpha value is -3.75. The predicted molar refractivity (Wildman–Crippen MR) is 122 cm³/mol. The summed E-state index contributed by atoms with van der Waals surface area (Å²) < 4.78 is 6.34. The number of H-pyrrole nitrogens is 2. The number of anilines is 1. The van der Waals surface area contributed by atoms with Crippen LogP contribution in [-0.2, 0) is 12.8 Å². The van der Waals surface area contributed by atoms with Gasteiger partial charge in [0.05, 0.1) is 18.7 Å². The molecule has 0 saturated carbocycles. The third kappa shape index (κ3) is 3.63. The van der Waals surface area contributed by atoms with Crippen LogP contribution in [0, 0.1) is 5.92 Å². The number of imidazole rings is 2. The number of benzene rings is 1. The number of carbonyl (C=O) groups is 1. The molecule has 168 valence electrons. The minimum Gasteiger partial charge on any atom is -0.491 e. The first-order valence-electron chi connectivity index (χ1n) is 11.4. The van der Waals surface area contributed by atoms with E-state index in [0.29, 0.717) is 18.7 Å². The van der Waals surface area contributed by atoms with E-state index in [0.717, 1.165) is 66.1 Å². The molecule has 9 nitrogen and oxygen atoms in total. The van der Waals surface area contributed by atoms with E-state index in [2.05, 4.69) is 34.8 Å². The maximum atomic E-state index is 13.2. The van der Waals surface area contributed by atoms with Crippen molar-refractivity contribution in [3.63, 3.8) is 0 Å². The number of rotatable bonds is 6. The first kappa shape index (κ1) is 19.9. The lowest BCUT2D eigenvalue weighted by molar-refractivity contribution is 0.0899. The van der Waals surface area contributed by atoms with Crippen LogP contribution in [0.2, 0.25) is 0 Å². The molecule has 1 aliphatic heterocycles. The quantitative estimate of drug-likeness (QED) is 0.471. The Morgan fingerprint density at radius 3 is 3.00 bits per heavy atom. The number of nitrogens with one attached hydrogen (secondary N) is 2. The average Bonchev–Trinajstić information content (AvgIpc) is 3.61. The van der Waals surface area contributed by atoms with Crippen molar-refractivity contribution in [2.45, 2.75) is 38.1 Å². The standard InChI is InChI=1S/C24H25N7O2/c32-22-15(9-16-10-25-12-26-16)6-7-18-19(22)4-1-5-20(18)33-11-17-3-2-8-31(17)24-21-23(28-13-27-21)29-14-30-24/h1,4-5,10,12-15,17H,2-3,6-9,11H2,(H,25,26)(H,27,28,29,30)/t15-,17+/m0/s1. The molecular formula is C24H25N7O2. The van der Waals surface area contributed by atoms with E-state index in [-0.39, 0.29) is 17.7 Å². The maximum absolute atomic E-state index is 13.2. The van der Waals surface area contributed by atoms with Gasteiger partial charge in [-0.1, -0.05) is 12.1 Å². The van der Waals surface area contributed by atoms with Gasteiger partial charge in [-0.05, 0) is 38.2 Å². The molecule has 2 N–H and O–H groups in total. The molecule has 0 spiro atoms. The molecule has 1 fully saturated rings. The van der Waals surface area contributed by atoms with Gasteiger partial charge in [-0.25, -0.2) is 19.9 Å². The van der Waals surface area contributed by atoms with Crippen molar-refractivity contribution in [3.05, 3.63) is 60.2 Å². The Labute approximate surface area is 190 Å². The van der Waals surface area contributed by atoms with Gasteiger partial charge in [0.25, 0.3) is 0 Å². The van der Waals surface area contributed by atoms with Crippen LogP contribution in [0.4, 0.5) is 5.82 Å². The van der Waals surface area contributed by atoms with E-state index in [1.807, 2.05) is 18.2 Å². The summed E-state index contributed by atoms with van der Waals surface area (Å²) in [7, 11) is 0. The van der Waals surface area contributed by atoms with Gasteiger partial charge in [-0.15, -0.1) is 0 Å². The van der Waals surface area contributed by atoms with Crippen molar-refractivity contribution < 1.29 is 9.53 Å². The summed E-state index contributed by atoms with van der Waals surface area (Å²) in [5.41, 5.74) is 4.36. The molecule has 1 saturated heterocycles. The van der Waals surface area contributed by atoms with Gasteiger partial charge in [0.2, 0.25) is 0 Å². The molecule has 33 heavy (non-hydrogen) atoms. The van der Waals surface area contributed by atoms with Crippen LogP contribution in [0.15, 0.2) is 43.4 Å². The lowest BCUT2D eigenvalue weighted by Crippen LogP contribution is -2.35. The van der Waals surface area contributed by atoms with Crippen molar-refractivity contribution in [1.82, 2.24) is 29.9 Å². The summed E-state index contributed by atoms with van der Waals surface area (Å²) in [4.78, 5) is 38.8. The highest BCUT2D eigenvalue weighted by Crippen LogP contribution is 2.34. The van der Waals surface area contributed by atoms with Crippen molar-refractivity contribution in [3.8, 4) is 5.75 Å². The second kappa shape index (κ2) is 8.31. The highest BCUT2D eigenvalue weighted by molar-refractivity contribution is 6.01. The number of ether oxygens (including phenoxy) is 1. The molecule has 2 aliphatic rings. The predicted octanol–water partition coefficient (Wildman–Crippen LogP) is 3.11. The summed E-state index contributed by atoms with van der Waals surface area (Å²) in [5.74, 6) is 1.87. The first-order valence-corrected chi connectivity index (χ1v) is 11.4. The minimum absolute atomic E-state index is 0.0203. The molecule has 0 amide bonds. The van der Waals surface area contributed by atoms with Crippen LogP contribution >= 0.6 is 0 Å². The van der Waals surface area contributed by atoms with Gasteiger partial charge in [0, 0.05) is 35.5 Å². The normalized spacial score (nSPS) is 20.4. The fraction of sp³-hybridized carbons (Fsp3) is 0.375. The molecule has 1 aliphatic carbocycles. The summed E-state index contributed by atoms with van der Waals surface area (Å²) in [6.45, 7) is 1.46. The summed E-state index contributed by atoms with van der Waals surface area (Å²) >= 11 is 0. The molecule has 1 aromatic carbocycles. The molecule has 0 radical (unpaired) electrons. The monoisotopic (exact) mass is 443 g/mol. The van der Waals surface area contributed by atoms with E-state index < -0.39 is 0 Å². The molecule has 0 bridgehead atoms. The molecule has 0 unspecified atom stereocenters. The van der Waals surface area contributed by atoms with Crippen LogP contribution in [-0.4, -0.2) is 54.9 Å². The second-order valence-electron chi connectivity index (χ2n) is 8.76. The van der Waals surface area contributed by atoms with Gasteiger partial charge >= 0.3 is 0 Å². The zero-order chi connectivity index (χ0) is 22.2. The highest BCUT2D eigenvalue weighted by atomic mass is 16.5. The Kier molecular flexibility index (Phi) is 5.01. The Morgan fingerprint density at radius 2 is 2.09 bits per heavy atom. The zero-order valence-electron chi connectivity index (χ0n) is 18.2. The van der Waals surface area contributed by atoms with E-state index in [1.54, 1.807) is 25.2 Å². The number of hydrogen-bond acceptors (Lipinski definition) is 7. The van der Waals surface area contributed by atoms with E-state index in [1.165, 1.54) is 0 Å². The number of aromatic amines is 2. The fourth-order valence-corrected chi connectivity index (χ4v) is 5.16. The maximum Gasteiger partial charge on any atom is 0.182 e. The van der Waals surface area contributed by atoms with Crippen LogP contribution in [0.5, 0.6) is 5.75 Å². The van der Waals surface area contributed by atoms with Crippen molar-refractivity contribution in [1.29, 1.82) is 0 Å². The van der Waals surface area contributed by atoms with Crippen molar-refractivity contribution in [2.75, 3.05) is 18.1 Å². The minimum atomic E-state index is -0.0203. The number of aromatic nitrogens is 6. The number of hydrogen-bond donors (Lipinski definition) is 2. The Morgan fingerprint density at radius 1 is 1.12 bits per heavy atom. The fourth-order valence-electron chi connectivity index (χ4n) is 5.16. The average molecular weight is 444 g/mol. The molecule has 4 aromatic rings. The smallest absolute Gasteiger partial charge is 0.182 e. The van der Waals surface area contributed by atoms with E-state index in [9.17, 15) is 4.79 Å². The van der Waals surface area contributed by atoms with Gasteiger partial charge in [0.15, 0.2) is 17.2 Å². The van der Waals surface area contributed by atoms with Gasteiger partial charge in [-0.2, -0.15) is 0 Å². The largest absolute Gasteiger partial charge is 0.491 e. The third-order valence-electron chi connectivity index (χ3n) is 6.82. The summed E-state index contributed by atoms with van der Waals surface area (Å²) in [6.07, 6.45) is 11.1. The van der Waals surface area contributed by atoms with Crippen LogP contribution < -0.4 is 9.64 Å². The van der Waals surface area contributed by atoms with Crippen LogP contribution in [0.3, 0.4) is 0 Å². The SMILES string of the molecule is O=C1c2cccc(OC[C@H]3CCCN3c3ncnc4nc[nH]c34)c2CC[C@H]1Cc1cnc[nH]1. The van der Waals surface area contributed by atoms with Gasteiger partial charge in [0.1, 0.15) is 24.2 Å². The molecular weight excluding hydrogens is 418 g/mol. The second-order valence-corrected chi connectivity index (χ2v) is 8.76. The van der Waals surface area contributed by atoms with Crippen molar-refractivity contribution in [2.24, 2.45) is 5.92 Å². The Balaban J connectivity index is 1.19. The number of fused-ring (bicyclic) bond motifs is 2. The van der Waals surface area contributed by atoms with E-state index >= 15 is 0 Å². The van der Waals surface area contributed by atoms with Crippen molar-refractivity contribution >= 4 is 22.8 Å². The molecule has 6 rings (SSSR count). The molecule has 3 aromatic heterocycles. The number of ketones is 1. The zero-order valence-corrected chi connectivity index (χ0v) is 18.2. The first-order chi connectivity index (χ1) is 16.3. The molecule has 9 heteroatoms. The number of carbonyl (C=O) groups excluding carboxylic acids is 1. The lowest BCUT2D eigenvalue weighted by Gasteiger charge is -2.28. The van der Waals surface area contributed by atoms with Gasteiger partial charge < -0.3 is 19.6 Å². The molecule has 2 atom stereocenters. The summed E-state index contributed by atoms with van der Waals surface area (Å²) in [5, 5.41) is 0.